The highest BCUT2D eigenvalue weighted by atomic mass is 19.4. The number of hydrogen-bond acceptors (Lipinski definition) is 3. The Bertz CT molecular complexity index is 855. The van der Waals surface area contributed by atoms with E-state index in [9.17, 15) is 13.2 Å². The lowest BCUT2D eigenvalue weighted by Crippen LogP contribution is -2.47. The van der Waals surface area contributed by atoms with Crippen LogP contribution in [0, 0.1) is 0 Å². The number of halogens is 3. The molecular formula is C23H27F3N2O. The molecule has 0 radical (unpaired) electrons. The summed E-state index contributed by atoms with van der Waals surface area (Å²) in [5.74, 6) is 0. The minimum Gasteiger partial charge on any atom is -0.370 e. The van der Waals surface area contributed by atoms with E-state index in [4.69, 9.17) is 4.74 Å². The highest BCUT2D eigenvalue weighted by Gasteiger charge is 2.59. The Balaban J connectivity index is 1.68. The lowest BCUT2D eigenvalue weighted by atomic mass is 9.90. The smallest absolute Gasteiger partial charge is 0.370 e. The first kappa shape index (κ1) is 20.2. The summed E-state index contributed by atoms with van der Waals surface area (Å²) in [7, 11) is 3.14. The molecule has 29 heavy (non-hydrogen) atoms. The van der Waals surface area contributed by atoms with Gasteiger partial charge in [-0.25, -0.2) is 0 Å². The summed E-state index contributed by atoms with van der Waals surface area (Å²) < 4.78 is 46.9. The fourth-order valence-electron chi connectivity index (χ4n) is 4.93. The van der Waals surface area contributed by atoms with Crippen LogP contribution < -0.4 is 10.2 Å². The summed E-state index contributed by atoms with van der Waals surface area (Å²) in [6.45, 7) is 0.939. The maximum absolute atomic E-state index is 13.9. The summed E-state index contributed by atoms with van der Waals surface area (Å²) in [4.78, 5) is 2.12. The van der Waals surface area contributed by atoms with E-state index in [-0.39, 0.29) is 24.1 Å². The second kappa shape index (κ2) is 7.65. The number of benzene rings is 2. The molecule has 0 spiro atoms. The highest BCUT2D eigenvalue weighted by Crippen LogP contribution is 2.51. The van der Waals surface area contributed by atoms with E-state index >= 15 is 0 Å². The van der Waals surface area contributed by atoms with Crippen molar-refractivity contribution in [3.8, 4) is 0 Å². The Morgan fingerprint density at radius 1 is 1.14 bits per heavy atom. The predicted molar refractivity (Wildman–Crippen MR) is 108 cm³/mol. The molecule has 1 aliphatic carbocycles. The van der Waals surface area contributed by atoms with Crippen LogP contribution in [-0.4, -0.2) is 32.9 Å². The van der Waals surface area contributed by atoms with Crippen LogP contribution in [0.25, 0.3) is 0 Å². The standard InChI is InChI=1S/C23H27F3N2O/c1-28(20-9-6-14-27-21(20)17-7-4-3-5-8-17)18-11-10-16-12-13-22(29-2,19(16)15-18)23(24,25)26/h3-5,7-8,10-11,15,20-21,27H,6,9,12-14H2,1-2H3/t20-,21-,22?/m0/s1. The molecule has 1 saturated heterocycles. The molecule has 2 aromatic carbocycles. The third kappa shape index (κ3) is 3.42. The van der Waals surface area contributed by atoms with Crippen LogP contribution in [-0.2, 0) is 16.8 Å². The molecule has 6 heteroatoms. The molecular weight excluding hydrogens is 377 g/mol. The molecule has 2 aliphatic rings. The summed E-state index contributed by atoms with van der Waals surface area (Å²) in [6, 6.07) is 16.0. The summed E-state index contributed by atoms with van der Waals surface area (Å²) in [5.41, 5.74) is 0.778. The molecule has 0 saturated carbocycles. The second-order valence-corrected chi connectivity index (χ2v) is 8.03. The van der Waals surface area contributed by atoms with Gasteiger partial charge in [-0.05, 0) is 61.1 Å². The van der Waals surface area contributed by atoms with Crippen LogP contribution in [0.1, 0.15) is 42.0 Å². The molecule has 3 nitrogen and oxygen atoms in total. The molecule has 1 aliphatic heterocycles. The van der Waals surface area contributed by atoms with Gasteiger partial charge in [0.2, 0.25) is 0 Å². The molecule has 0 aromatic heterocycles. The third-order valence-corrected chi connectivity index (χ3v) is 6.57. The molecule has 1 unspecified atom stereocenters. The van der Waals surface area contributed by atoms with Gasteiger partial charge in [0, 0.05) is 25.9 Å². The van der Waals surface area contributed by atoms with E-state index in [2.05, 4.69) is 22.3 Å². The highest BCUT2D eigenvalue weighted by molar-refractivity contribution is 5.55. The first-order chi connectivity index (χ1) is 13.9. The maximum atomic E-state index is 13.9. The number of likely N-dealkylation sites (N-methyl/N-ethyl adjacent to an activating group) is 1. The zero-order valence-electron chi connectivity index (χ0n) is 16.8. The number of fused-ring (bicyclic) bond motifs is 1. The second-order valence-electron chi connectivity index (χ2n) is 8.03. The van der Waals surface area contributed by atoms with Crippen molar-refractivity contribution >= 4 is 5.69 Å². The van der Waals surface area contributed by atoms with Crippen molar-refractivity contribution in [2.45, 2.75) is 49.5 Å². The predicted octanol–water partition coefficient (Wildman–Crippen LogP) is 4.97. The number of piperidine rings is 1. The molecule has 0 amide bonds. The van der Waals surface area contributed by atoms with E-state index < -0.39 is 11.8 Å². The van der Waals surface area contributed by atoms with Crippen molar-refractivity contribution in [3.63, 3.8) is 0 Å². The molecule has 2 aromatic rings. The van der Waals surface area contributed by atoms with Gasteiger partial charge in [-0.15, -0.1) is 0 Å². The Morgan fingerprint density at radius 2 is 1.90 bits per heavy atom. The molecule has 3 atom stereocenters. The van der Waals surface area contributed by atoms with Crippen LogP contribution in [0.2, 0.25) is 0 Å². The average Bonchev–Trinajstić information content (AvgIpc) is 3.13. The van der Waals surface area contributed by atoms with Crippen LogP contribution >= 0.6 is 0 Å². The molecule has 1 heterocycles. The molecule has 4 rings (SSSR count). The van der Waals surface area contributed by atoms with Crippen LogP contribution in [0.5, 0.6) is 0 Å². The summed E-state index contributed by atoms with van der Waals surface area (Å²) in [5, 5.41) is 3.59. The minimum atomic E-state index is -4.44. The first-order valence-corrected chi connectivity index (χ1v) is 10.1. The molecule has 156 valence electrons. The number of hydrogen-bond donors (Lipinski definition) is 1. The van der Waals surface area contributed by atoms with Gasteiger partial charge >= 0.3 is 6.18 Å². The Hall–Kier alpha value is -2.05. The van der Waals surface area contributed by atoms with Gasteiger partial charge in [-0.2, -0.15) is 13.2 Å². The van der Waals surface area contributed by atoms with Crippen molar-refractivity contribution in [1.29, 1.82) is 0 Å². The number of nitrogens with one attached hydrogen (secondary N) is 1. The van der Waals surface area contributed by atoms with Crippen molar-refractivity contribution in [1.82, 2.24) is 5.32 Å². The molecule has 1 fully saturated rings. The SMILES string of the molecule is COC1(C(F)(F)F)CCc2ccc(N(C)[C@H]3CCCN[C@H]3c3ccccc3)cc21. The number of nitrogens with zero attached hydrogens (tertiary/aromatic N) is 1. The van der Waals surface area contributed by atoms with Gasteiger partial charge in [-0.3, -0.25) is 0 Å². The Labute approximate surface area is 169 Å². The fourth-order valence-corrected chi connectivity index (χ4v) is 4.93. The summed E-state index contributed by atoms with van der Waals surface area (Å²) >= 11 is 0. The zero-order chi connectivity index (χ0) is 20.6. The van der Waals surface area contributed by atoms with E-state index in [1.807, 2.05) is 37.4 Å². The number of alkyl halides is 3. The van der Waals surface area contributed by atoms with Gasteiger partial charge in [0.05, 0.1) is 6.04 Å². The largest absolute Gasteiger partial charge is 0.421 e. The number of anilines is 1. The van der Waals surface area contributed by atoms with E-state index in [0.29, 0.717) is 6.42 Å². The number of rotatable bonds is 4. The fraction of sp³-hybridized carbons (Fsp3) is 0.478. The number of ether oxygens (including phenoxy) is 1. The van der Waals surface area contributed by atoms with Crippen LogP contribution in [0.15, 0.2) is 48.5 Å². The van der Waals surface area contributed by atoms with Crippen molar-refractivity contribution in [2.75, 3.05) is 25.6 Å². The molecule has 1 N–H and O–H groups in total. The third-order valence-electron chi connectivity index (χ3n) is 6.57. The maximum Gasteiger partial charge on any atom is 0.421 e. The van der Waals surface area contributed by atoms with E-state index in [0.717, 1.165) is 37.7 Å². The topological polar surface area (TPSA) is 24.5 Å². The van der Waals surface area contributed by atoms with E-state index in [1.165, 1.54) is 5.56 Å². The number of aryl methyl sites for hydroxylation is 1. The van der Waals surface area contributed by atoms with Crippen molar-refractivity contribution < 1.29 is 17.9 Å². The lowest BCUT2D eigenvalue weighted by molar-refractivity contribution is -0.275. The average molecular weight is 404 g/mol. The van der Waals surface area contributed by atoms with Crippen LogP contribution in [0.4, 0.5) is 18.9 Å². The Morgan fingerprint density at radius 3 is 2.59 bits per heavy atom. The van der Waals surface area contributed by atoms with Gasteiger partial charge in [-0.1, -0.05) is 36.4 Å². The monoisotopic (exact) mass is 404 g/mol. The van der Waals surface area contributed by atoms with Gasteiger partial charge in [0.15, 0.2) is 5.60 Å². The zero-order valence-corrected chi connectivity index (χ0v) is 16.8. The van der Waals surface area contributed by atoms with Gasteiger partial charge in [0.25, 0.3) is 0 Å². The van der Waals surface area contributed by atoms with Crippen molar-refractivity contribution in [3.05, 3.63) is 65.2 Å². The number of methoxy groups -OCH3 is 1. The summed E-state index contributed by atoms with van der Waals surface area (Å²) in [6.07, 6.45) is -2.11. The Kier molecular flexibility index (Phi) is 5.34. The van der Waals surface area contributed by atoms with Crippen LogP contribution in [0.3, 0.4) is 0 Å². The first-order valence-electron chi connectivity index (χ1n) is 10.1. The van der Waals surface area contributed by atoms with Gasteiger partial charge in [0.1, 0.15) is 0 Å². The van der Waals surface area contributed by atoms with Gasteiger partial charge < -0.3 is 15.0 Å². The lowest BCUT2D eigenvalue weighted by Gasteiger charge is -2.40. The van der Waals surface area contributed by atoms with Crippen molar-refractivity contribution in [2.24, 2.45) is 0 Å². The quantitative estimate of drug-likeness (QED) is 0.779. The molecule has 0 bridgehead atoms. The normalized spacial score (nSPS) is 26.9. The minimum absolute atomic E-state index is 0.0624. The van der Waals surface area contributed by atoms with E-state index in [1.54, 1.807) is 6.07 Å².